The van der Waals surface area contributed by atoms with Crippen molar-refractivity contribution in [2.45, 2.75) is 54.0 Å². The highest BCUT2D eigenvalue weighted by atomic mass is 16.2. The predicted octanol–water partition coefficient (Wildman–Crippen LogP) is 4.39. The van der Waals surface area contributed by atoms with E-state index in [9.17, 15) is 9.59 Å². The van der Waals surface area contributed by atoms with Crippen molar-refractivity contribution in [2.24, 2.45) is 17.3 Å². The van der Waals surface area contributed by atoms with E-state index in [1.54, 1.807) is 24.3 Å². The Morgan fingerprint density at radius 1 is 1.08 bits per heavy atom. The monoisotopic (exact) mass is 342 g/mol. The molecule has 0 aliphatic heterocycles. The zero-order chi connectivity index (χ0) is 19.0. The SMILES string of the molecule is CC(C)=CC1C(C(=O)Nc2ccc(C(=O)NC(C)(C)C)cc2)C1(C)C. The molecular formula is C21H30N2O2. The molecule has 0 bridgehead atoms. The molecule has 0 heterocycles. The highest BCUT2D eigenvalue weighted by Crippen LogP contribution is 2.59. The average Bonchev–Trinajstić information content (AvgIpc) is 2.97. The molecule has 1 aromatic carbocycles. The highest BCUT2D eigenvalue weighted by Gasteiger charge is 2.60. The fourth-order valence-corrected chi connectivity index (χ4v) is 3.19. The quantitative estimate of drug-likeness (QED) is 0.797. The molecule has 25 heavy (non-hydrogen) atoms. The molecule has 2 N–H and O–H groups in total. The maximum Gasteiger partial charge on any atom is 0.251 e. The molecule has 2 unspecified atom stereocenters. The number of anilines is 1. The first-order valence-corrected chi connectivity index (χ1v) is 8.80. The van der Waals surface area contributed by atoms with Gasteiger partial charge in [0.2, 0.25) is 5.91 Å². The second-order valence-corrected chi connectivity index (χ2v) is 8.84. The molecule has 4 heteroatoms. The van der Waals surface area contributed by atoms with Crippen molar-refractivity contribution in [1.82, 2.24) is 5.32 Å². The Kier molecular flexibility index (Phi) is 5.12. The third-order valence-corrected chi connectivity index (χ3v) is 4.61. The van der Waals surface area contributed by atoms with Crippen molar-refractivity contribution in [3.8, 4) is 0 Å². The number of carbonyl (C=O) groups is 2. The van der Waals surface area contributed by atoms with E-state index in [0.29, 0.717) is 5.56 Å². The van der Waals surface area contributed by atoms with Gasteiger partial charge in [-0.05, 0) is 70.2 Å². The average molecular weight is 342 g/mol. The van der Waals surface area contributed by atoms with Gasteiger partial charge in [0, 0.05) is 16.8 Å². The molecule has 1 saturated carbocycles. The summed E-state index contributed by atoms with van der Waals surface area (Å²) in [7, 11) is 0. The van der Waals surface area contributed by atoms with Crippen LogP contribution in [0.3, 0.4) is 0 Å². The lowest BCUT2D eigenvalue weighted by Crippen LogP contribution is -2.40. The molecule has 1 aliphatic carbocycles. The van der Waals surface area contributed by atoms with Gasteiger partial charge in [-0.2, -0.15) is 0 Å². The van der Waals surface area contributed by atoms with E-state index in [1.807, 2.05) is 20.8 Å². The standard InChI is InChI=1S/C21H30N2O2/c1-13(2)12-16-17(21(16,6)7)19(25)22-15-10-8-14(9-11-15)18(24)23-20(3,4)5/h8-12,16-17H,1-7H3,(H,22,25)(H,23,24). The Morgan fingerprint density at radius 2 is 1.64 bits per heavy atom. The van der Waals surface area contributed by atoms with Gasteiger partial charge in [0.15, 0.2) is 0 Å². The first-order valence-electron chi connectivity index (χ1n) is 8.80. The van der Waals surface area contributed by atoms with Crippen molar-refractivity contribution in [3.63, 3.8) is 0 Å². The van der Waals surface area contributed by atoms with Gasteiger partial charge in [-0.1, -0.05) is 25.5 Å². The molecule has 1 fully saturated rings. The topological polar surface area (TPSA) is 58.2 Å². The highest BCUT2D eigenvalue weighted by molar-refractivity contribution is 5.97. The molecule has 0 spiro atoms. The fraction of sp³-hybridized carbons (Fsp3) is 0.524. The molecular weight excluding hydrogens is 312 g/mol. The Bertz CT molecular complexity index is 690. The van der Waals surface area contributed by atoms with Crippen molar-refractivity contribution in [3.05, 3.63) is 41.5 Å². The minimum atomic E-state index is -0.276. The van der Waals surface area contributed by atoms with Gasteiger partial charge in [-0.3, -0.25) is 9.59 Å². The van der Waals surface area contributed by atoms with Crippen LogP contribution in [0.15, 0.2) is 35.9 Å². The number of carbonyl (C=O) groups excluding carboxylic acids is 2. The van der Waals surface area contributed by atoms with Gasteiger partial charge in [-0.25, -0.2) is 0 Å². The molecule has 1 aromatic rings. The van der Waals surface area contributed by atoms with Crippen molar-refractivity contribution < 1.29 is 9.59 Å². The van der Waals surface area contributed by atoms with Crippen LogP contribution < -0.4 is 10.6 Å². The summed E-state index contributed by atoms with van der Waals surface area (Å²) in [5, 5.41) is 5.90. The number of hydrogen-bond donors (Lipinski definition) is 2. The number of nitrogens with one attached hydrogen (secondary N) is 2. The second kappa shape index (κ2) is 6.66. The lowest BCUT2D eigenvalue weighted by atomic mass is 10.1. The van der Waals surface area contributed by atoms with Crippen LogP contribution in [0.4, 0.5) is 5.69 Å². The van der Waals surface area contributed by atoms with Gasteiger partial charge in [0.1, 0.15) is 0 Å². The second-order valence-electron chi connectivity index (χ2n) is 8.84. The van der Waals surface area contributed by atoms with E-state index in [0.717, 1.165) is 5.69 Å². The Labute approximate surface area is 151 Å². The smallest absolute Gasteiger partial charge is 0.251 e. The summed E-state index contributed by atoms with van der Waals surface area (Å²) in [5.74, 6) is 0.206. The number of hydrogen-bond acceptors (Lipinski definition) is 2. The molecule has 0 aromatic heterocycles. The minimum absolute atomic E-state index is 0.00606. The number of benzene rings is 1. The molecule has 4 nitrogen and oxygen atoms in total. The molecule has 1 aliphatic rings. The molecule has 2 rings (SSSR count). The number of rotatable bonds is 4. The largest absolute Gasteiger partial charge is 0.347 e. The zero-order valence-electron chi connectivity index (χ0n) is 16.4. The Morgan fingerprint density at radius 3 is 2.12 bits per heavy atom. The maximum atomic E-state index is 12.6. The summed E-state index contributed by atoms with van der Waals surface area (Å²) >= 11 is 0. The summed E-state index contributed by atoms with van der Waals surface area (Å²) in [4.78, 5) is 24.7. The van der Waals surface area contributed by atoms with E-state index >= 15 is 0 Å². The van der Waals surface area contributed by atoms with Crippen molar-refractivity contribution in [2.75, 3.05) is 5.32 Å². The lowest BCUT2D eigenvalue weighted by Gasteiger charge is -2.20. The van der Waals surface area contributed by atoms with Crippen LogP contribution in [-0.2, 0) is 4.79 Å². The number of allylic oxidation sites excluding steroid dienone is 2. The van der Waals surface area contributed by atoms with Crippen molar-refractivity contribution in [1.29, 1.82) is 0 Å². The summed E-state index contributed by atoms with van der Waals surface area (Å²) in [6.07, 6.45) is 2.18. The molecule has 0 saturated heterocycles. The van der Waals surface area contributed by atoms with Crippen LogP contribution in [0.1, 0.15) is 58.8 Å². The summed E-state index contributed by atoms with van der Waals surface area (Å²) < 4.78 is 0. The normalized spacial score (nSPS) is 21.2. The lowest BCUT2D eigenvalue weighted by molar-refractivity contribution is -0.118. The Hall–Kier alpha value is -2.10. The Balaban J connectivity index is 2.01. The number of amides is 2. The van der Waals surface area contributed by atoms with E-state index in [2.05, 4.69) is 44.4 Å². The van der Waals surface area contributed by atoms with E-state index in [-0.39, 0.29) is 34.6 Å². The predicted molar refractivity (Wildman–Crippen MR) is 102 cm³/mol. The van der Waals surface area contributed by atoms with E-state index in [4.69, 9.17) is 0 Å². The van der Waals surface area contributed by atoms with Gasteiger partial charge < -0.3 is 10.6 Å². The summed E-state index contributed by atoms with van der Waals surface area (Å²) in [6.45, 7) is 14.2. The fourth-order valence-electron chi connectivity index (χ4n) is 3.19. The van der Waals surface area contributed by atoms with Crippen LogP contribution in [0.25, 0.3) is 0 Å². The maximum absolute atomic E-state index is 12.6. The van der Waals surface area contributed by atoms with Crippen LogP contribution in [-0.4, -0.2) is 17.4 Å². The molecule has 2 atom stereocenters. The molecule has 2 amide bonds. The van der Waals surface area contributed by atoms with E-state index in [1.165, 1.54) is 5.57 Å². The van der Waals surface area contributed by atoms with Crippen LogP contribution >= 0.6 is 0 Å². The van der Waals surface area contributed by atoms with E-state index < -0.39 is 0 Å². The van der Waals surface area contributed by atoms with Crippen LogP contribution in [0.2, 0.25) is 0 Å². The van der Waals surface area contributed by atoms with Crippen LogP contribution in [0, 0.1) is 17.3 Å². The molecule has 0 radical (unpaired) electrons. The van der Waals surface area contributed by atoms with Gasteiger partial charge in [-0.15, -0.1) is 0 Å². The summed E-state index contributed by atoms with van der Waals surface area (Å²) in [6, 6.07) is 7.03. The first kappa shape index (κ1) is 19.2. The van der Waals surface area contributed by atoms with Gasteiger partial charge in [0.05, 0.1) is 5.92 Å². The van der Waals surface area contributed by atoms with Gasteiger partial charge in [0.25, 0.3) is 5.91 Å². The summed E-state index contributed by atoms with van der Waals surface area (Å²) in [5.41, 5.74) is 2.26. The first-order chi connectivity index (χ1) is 11.4. The van der Waals surface area contributed by atoms with Crippen LogP contribution in [0.5, 0.6) is 0 Å². The minimum Gasteiger partial charge on any atom is -0.347 e. The zero-order valence-corrected chi connectivity index (χ0v) is 16.4. The third-order valence-electron chi connectivity index (χ3n) is 4.61. The van der Waals surface area contributed by atoms with Crippen molar-refractivity contribution >= 4 is 17.5 Å². The third kappa shape index (κ3) is 4.71. The molecule has 136 valence electrons. The van der Waals surface area contributed by atoms with Gasteiger partial charge >= 0.3 is 0 Å².